The van der Waals surface area contributed by atoms with E-state index in [9.17, 15) is 4.79 Å². The van der Waals surface area contributed by atoms with Gasteiger partial charge in [0.2, 0.25) is 5.91 Å². The number of nitrogens with one attached hydrogen (secondary N) is 1. The molecule has 112 valence electrons. The number of carbonyl (C=O) groups excluding carboxylic acids is 1. The number of amides is 1. The van der Waals surface area contributed by atoms with Crippen molar-refractivity contribution >= 4 is 17.7 Å². The van der Waals surface area contributed by atoms with E-state index in [2.05, 4.69) is 10.3 Å². The zero-order chi connectivity index (χ0) is 14.4. The fraction of sp³-hybridized carbons (Fsp3) is 0.714. The summed E-state index contributed by atoms with van der Waals surface area (Å²) >= 11 is 1.46. The number of aryl methyl sites for hydroxylation is 1. The lowest BCUT2D eigenvalue weighted by molar-refractivity contribution is -0.120. The van der Waals surface area contributed by atoms with Crippen LogP contribution < -0.4 is 5.32 Å². The maximum Gasteiger partial charge on any atom is 0.230 e. The van der Waals surface area contributed by atoms with Gasteiger partial charge < -0.3 is 14.6 Å². The third-order valence-corrected chi connectivity index (χ3v) is 4.77. The Morgan fingerprint density at radius 2 is 2.30 bits per heavy atom. The molecule has 0 spiro atoms. The summed E-state index contributed by atoms with van der Waals surface area (Å²) in [7, 11) is 3.66. The molecule has 0 bridgehead atoms. The summed E-state index contributed by atoms with van der Waals surface area (Å²) in [6.45, 7) is 0. The van der Waals surface area contributed by atoms with E-state index in [-0.39, 0.29) is 18.1 Å². The van der Waals surface area contributed by atoms with E-state index >= 15 is 0 Å². The molecule has 1 aromatic rings. The van der Waals surface area contributed by atoms with Crippen LogP contribution in [0.2, 0.25) is 0 Å². The van der Waals surface area contributed by atoms with Gasteiger partial charge in [0.15, 0.2) is 5.16 Å². The molecule has 2 rings (SSSR count). The van der Waals surface area contributed by atoms with Crippen LogP contribution in [0.3, 0.4) is 0 Å². The van der Waals surface area contributed by atoms with Crippen LogP contribution in [0.1, 0.15) is 32.1 Å². The van der Waals surface area contributed by atoms with Gasteiger partial charge in [0.1, 0.15) is 0 Å². The van der Waals surface area contributed by atoms with Crippen LogP contribution in [0.5, 0.6) is 0 Å². The molecular formula is C14H23N3O2S. The molecule has 2 atom stereocenters. The highest BCUT2D eigenvalue weighted by atomic mass is 32.2. The molecule has 1 N–H and O–H groups in total. The number of imidazole rings is 1. The summed E-state index contributed by atoms with van der Waals surface area (Å²) in [6.07, 6.45) is 9.41. The third kappa shape index (κ3) is 4.24. The van der Waals surface area contributed by atoms with E-state index in [1.54, 1.807) is 13.3 Å². The van der Waals surface area contributed by atoms with Crippen LogP contribution in [0.25, 0.3) is 0 Å². The Kier molecular flexibility index (Phi) is 5.91. The molecule has 0 radical (unpaired) electrons. The Balaban J connectivity index is 1.82. The normalized spacial score (nSPS) is 23.3. The van der Waals surface area contributed by atoms with Gasteiger partial charge >= 0.3 is 0 Å². The van der Waals surface area contributed by atoms with Crippen LogP contribution in [0.4, 0.5) is 0 Å². The predicted octanol–water partition coefficient (Wildman–Crippen LogP) is 1.98. The van der Waals surface area contributed by atoms with Crippen molar-refractivity contribution in [1.82, 2.24) is 14.9 Å². The molecule has 6 heteroatoms. The van der Waals surface area contributed by atoms with Crippen LogP contribution >= 0.6 is 11.8 Å². The van der Waals surface area contributed by atoms with Crippen molar-refractivity contribution in [2.24, 2.45) is 7.05 Å². The van der Waals surface area contributed by atoms with E-state index in [1.807, 2.05) is 17.8 Å². The fourth-order valence-electron chi connectivity index (χ4n) is 2.59. The van der Waals surface area contributed by atoms with Crippen LogP contribution in [-0.2, 0) is 16.6 Å². The van der Waals surface area contributed by atoms with E-state index in [4.69, 9.17) is 4.74 Å². The SMILES string of the molecule is COC1CCCCCC1NC(=O)CSc1nccn1C. The molecule has 1 aliphatic rings. The van der Waals surface area contributed by atoms with Gasteiger partial charge in [-0.2, -0.15) is 0 Å². The van der Waals surface area contributed by atoms with Crippen molar-refractivity contribution in [3.8, 4) is 0 Å². The maximum atomic E-state index is 12.1. The van der Waals surface area contributed by atoms with Crippen molar-refractivity contribution in [2.75, 3.05) is 12.9 Å². The molecule has 1 saturated carbocycles. The summed E-state index contributed by atoms with van der Waals surface area (Å²) in [6, 6.07) is 0.150. The van der Waals surface area contributed by atoms with Gasteiger partial charge in [-0.1, -0.05) is 31.0 Å². The minimum Gasteiger partial charge on any atom is -0.379 e. The average molecular weight is 297 g/mol. The number of thioether (sulfide) groups is 1. The lowest BCUT2D eigenvalue weighted by Crippen LogP contribution is -2.44. The zero-order valence-corrected chi connectivity index (χ0v) is 13.0. The molecule has 1 aromatic heterocycles. The quantitative estimate of drug-likeness (QED) is 0.667. The summed E-state index contributed by atoms with van der Waals surface area (Å²) in [5.41, 5.74) is 0. The number of hydrogen-bond acceptors (Lipinski definition) is 4. The minimum absolute atomic E-state index is 0.0620. The zero-order valence-electron chi connectivity index (χ0n) is 12.2. The summed E-state index contributed by atoms with van der Waals surface area (Å²) in [5.74, 6) is 0.463. The van der Waals surface area contributed by atoms with Gasteiger partial charge in [-0.15, -0.1) is 0 Å². The lowest BCUT2D eigenvalue weighted by atomic mass is 10.1. The van der Waals surface area contributed by atoms with Crippen LogP contribution in [0, 0.1) is 0 Å². The fourth-order valence-corrected chi connectivity index (χ4v) is 3.33. The number of carbonyl (C=O) groups is 1. The molecule has 5 nitrogen and oxygen atoms in total. The van der Waals surface area contributed by atoms with Gasteiger partial charge in [0.25, 0.3) is 0 Å². The van der Waals surface area contributed by atoms with E-state index in [0.717, 1.165) is 24.4 Å². The second-order valence-electron chi connectivity index (χ2n) is 5.20. The smallest absolute Gasteiger partial charge is 0.230 e. The number of hydrogen-bond donors (Lipinski definition) is 1. The molecule has 0 aromatic carbocycles. The van der Waals surface area contributed by atoms with Gasteiger partial charge in [-0.25, -0.2) is 4.98 Å². The first-order valence-corrected chi connectivity index (χ1v) is 8.11. The van der Waals surface area contributed by atoms with Gasteiger partial charge in [0.05, 0.1) is 17.9 Å². The molecule has 20 heavy (non-hydrogen) atoms. The minimum atomic E-state index is 0.0620. The van der Waals surface area contributed by atoms with E-state index in [1.165, 1.54) is 24.6 Å². The summed E-state index contributed by atoms with van der Waals surface area (Å²) < 4.78 is 7.43. The number of ether oxygens (including phenoxy) is 1. The van der Waals surface area contributed by atoms with Crippen molar-refractivity contribution in [3.05, 3.63) is 12.4 Å². The van der Waals surface area contributed by atoms with E-state index < -0.39 is 0 Å². The first kappa shape index (κ1) is 15.4. The molecular weight excluding hydrogens is 274 g/mol. The molecule has 1 heterocycles. The maximum absolute atomic E-state index is 12.1. The van der Waals surface area contributed by atoms with Crippen LogP contribution in [-0.4, -0.2) is 40.5 Å². The average Bonchev–Trinajstić information content (AvgIpc) is 2.71. The van der Waals surface area contributed by atoms with Crippen molar-refractivity contribution in [1.29, 1.82) is 0 Å². The molecule has 1 amide bonds. The van der Waals surface area contributed by atoms with Crippen molar-refractivity contribution in [3.63, 3.8) is 0 Å². The second-order valence-corrected chi connectivity index (χ2v) is 6.14. The summed E-state index contributed by atoms with van der Waals surface area (Å²) in [4.78, 5) is 16.3. The number of aromatic nitrogens is 2. The highest BCUT2D eigenvalue weighted by Gasteiger charge is 2.24. The highest BCUT2D eigenvalue weighted by Crippen LogP contribution is 2.21. The monoisotopic (exact) mass is 297 g/mol. The molecule has 0 aliphatic heterocycles. The molecule has 1 aliphatic carbocycles. The largest absolute Gasteiger partial charge is 0.379 e. The first-order valence-electron chi connectivity index (χ1n) is 7.13. The Labute approximate surface area is 124 Å². The van der Waals surface area contributed by atoms with Gasteiger partial charge in [-0.3, -0.25) is 4.79 Å². The Morgan fingerprint density at radius 1 is 1.50 bits per heavy atom. The second kappa shape index (κ2) is 7.69. The summed E-state index contributed by atoms with van der Waals surface area (Å²) in [5, 5.41) is 3.99. The Hall–Kier alpha value is -1.01. The predicted molar refractivity (Wildman–Crippen MR) is 79.7 cm³/mol. The number of methoxy groups -OCH3 is 1. The number of nitrogens with zero attached hydrogens (tertiary/aromatic N) is 2. The Morgan fingerprint density at radius 3 is 3.00 bits per heavy atom. The Bertz CT molecular complexity index is 436. The van der Waals surface area contributed by atoms with Gasteiger partial charge in [-0.05, 0) is 12.8 Å². The molecule has 1 fully saturated rings. The highest BCUT2D eigenvalue weighted by molar-refractivity contribution is 7.99. The topological polar surface area (TPSA) is 56.1 Å². The van der Waals surface area contributed by atoms with Crippen molar-refractivity contribution in [2.45, 2.75) is 49.4 Å². The van der Waals surface area contributed by atoms with Crippen LogP contribution in [0.15, 0.2) is 17.6 Å². The lowest BCUT2D eigenvalue weighted by Gasteiger charge is -2.24. The number of rotatable bonds is 5. The first-order chi connectivity index (χ1) is 9.70. The van der Waals surface area contributed by atoms with Crippen molar-refractivity contribution < 1.29 is 9.53 Å². The van der Waals surface area contributed by atoms with Gasteiger partial charge in [0, 0.05) is 26.6 Å². The van der Waals surface area contributed by atoms with E-state index in [0.29, 0.717) is 5.75 Å². The third-order valence-electron chi connectivity index (χ3n) is 3.71. The molecule has 0 saturated heterocycles. The molecule has 2 unspecified atom stereocenters. The standard InChI is InChI=1S/C14H23N3O2S/c1-17-9-8-15-14(17)20-10-13(18)16-11-6-4-3-5-7-12(11)19-2/h8-9,11-12H,3-7,10H2,1-2H3,(H,16,18).